The summed E-state index contributed by atoms with van der Waals surface area (Å²) in [5, 5.41) is 0.610. The molecular formula is C26H26N2O3S. The van der Waals surface area contributed by atoms with Crippen molar-refractivity contribution in [3.8, 4) is 5.75 Å². The second-order valence-electron chi connectivity index (χ2n) is 8.13. The molecule has 4 rings (SSSR count). The molecule has 0 aliphatic carbocycles. The lowest BCUT2D eigenvalue weighted by Gasteiger charge is -2.13. The number of carbonyl (C=O) groups is 1. The Labute approximate surface area is 191 Å². The van der Waals surface area contributed by atoms with Gasteiger partial charge in [0.15, 0.2) is 5.78 Å². The van der Waals surface area contributed by atoms with Gasteiger partial charge in [-0.05, 0) is 68.1 Å². The lowest BCUT2D eigenvalue weighted by atomic mass is 10.0. The molecule has 5 nitrogen and oxygen atoms in total. The number of rotatable bonds is 6. The van der Waals surface area contributed by atoms with Crippen molar-refractivity contribution >= 4 is 27.3 Å². The van der Waals surface area contributed by atoms with Gasteiger partial charge in [0.05, 0.1) is 19.0 Å². The summed E-state index contributed by atoms with van der Waals surface area (Å²) in [4.78, 5) is 33.3. The molecule has 0 unspecified atom stereocenters. The van der Waals surface area contributed by atoms with Crippen molar-refractivity contribution in [2.75, 3.05) is 7.11 Å². The number of fused-ring (bicyclic) bond motifs is 1. The van der Waals surface area contributed by atoms with Crippen molar-refractivity contribution in [2.24, 2.45) is 0 Å². The van der Waals surface area contributed by atoms with Gasteiger partial charge in [-0.3, -0.25) is 14.2 Å². The van der Waals surface area contributed by atoms with E-state index in [1.165, 1.54) is 11.3 Å². The molecule has 2 aromatic heterocycles. The van der Waals surface area contributed by atoms with Gasteiger partial charge in [0.1, 0.15) is 16.4 Å². The predicted octanol–water partition coefficient (Wildman–Crippen LogP) is 5.17. The maximum Gasteiger partial charge on any atom is 0.262 e. The number of aryl methyl sites for hydroxylation is 4. The van der Waals surface area contributed by atoms with Crippen LogP contribution in [0.3, 0.4) is 0 Å². The maximum absolute atomic E-state index is 13.5. The van der Waals surface area contributed by atoms with Crippen molar-refractivity contribution < 1.29 is 9.53 Å². The number of Topliss-reactive ketones (excluding diaryl/α,β-unsaturated/α-hetero) is 1. The van der Waals surface area contributed by atoms with E-state index in [2.05, 4.69) is 0 Å². The molecule has 0 atom stereocenters. The molecule has 2 aromatic carbocycles. The number of ketones is 1. The Morgan fingerprint density at radius 1 is 1.03 bits per heavy atom. The lowest BCUT2D eigenvalue weighted by Crippen LogP contribution is -2.29. The number of carbonyl (C=O) groups excluding carboxylic acids is 1. The summed E-state index contributed by atoms with van der Waals surface area (Å²) < 4.78 is 6.79. The van der Waals surface area contributed by atoms with Crippen LogP contribution in [-0.4, -0.2) is 22.4 Å². The predicted molar refractivity (Wildman–Crippen MR) is 129 cm³/mol. The zero-order chi connectivity index (χ0) is 23.0. The first-order valence-electron chi connectivity index (χ1n) is 10.5. The average molecular weight is 447 g/mol. The van der Waals surface area contributed by atoms with E-state index < -0.39 is 0 Å². The monoisotopic (exact) mass is 446 g/mol. The van der Waals surface area contributed by atoms with Gasteiger partial charge >= 0.3 is 0 Å². The second kappa shape index (κ2) is 8.71. The van der Waals surface area contributed by atoms with Crippen LogP contribution in [0.4, 0.5) is 0 Å². The molecule has 0 saturated heterocycles. The Balaban J connectivity index is 1.80. The van der Waals surface area contributed by atoms with Crippen molar-refractivity contribution in [2.45, 2.75) is 40.7 Å². The first-order valence-corrected chi connectivity index (χ1v) is 11.3. The Kier molecular flexibility index (Phi) is 5.98. The topological polar surface area (TPSA) is 61.2 Å². The molecule has 0 aliphatic rings. The Morgan fingerprint density at radius 2 is 1.75 bits per heavy atom. The van der Waals surface area contributed by atoms with Gasteiger partial charge in [-0.25, -0.2) is 4.98 Å². The highest BCUT2D eigenvalue weighted by molar-refractivity contribution is 7.18. The van der Waals surface area contributed by atoms with E-state index in [0.717, 1.165) is 37.7 Å². The number of methoxy groups -OCH3 is 1. The summed E-state index contributed by atoms with van der Waals surface area (Å²) in [7, 11) is 1.63. The zero-order valence-electron chi connectivity index (χ0n) is 19.0. The van der Waals surface area contributed by atoms with Gasteiger partial charge in [-0.2, -0.15) is 0 Å². The van der Waals surface area contributed by atoms with E-state index in [0.29, 0.717) is 23.2 Å². The van der Waals surface area contributed by atoms with Gasteiger partial charge < -0.3 is 4.74 Å². The summed E-state index contributed by atoms with van der Waals surface area (Å²) in [5.41, 5.74) is 4.57. The molecule has 0 bridgehead atoms. The fourth-order valence-electron chi connectivity index (χ4n) is 3.74. The first-order chi connectivity index (χ1) is 15.3. The van der Waals surface area contributed by atoms with Crippen LogP contribution in [0, 0.1) is 27.7 Å². The standard InChI is InChI=1S/C26H26N2O3S/c1-15-6-9-20(12-16(15)2)22(29)14-28-23(13-19-7-10-21(31-5)11-8-19)27-25-24(26(28)30)17(3)18(4)32-25/h6-12H,13-14H2,1-5H3. The van der Waals surface area contributed by atoms with E-state index in [1.807, 2.05) is 70.2 Å². The normalized spacial score (nSPS) is 11.2. The van der Waals surface area contributed by atoms with Gasteiger partial charge in [0, 0.05) is 16.9 Å². The number of benzene rings is 2. The van der Waals surface area contributed by atoms with Crippen molar-refractivity contribution in [1.82, 2.24) is 9.55 Å². The third-order valence-electron chi connectivity index (χ3n) is 6.02. The first kappa shape index (κ1) is 22.0. The summed E-state index contributed by atoms with van der Waals surface area (Å²) in [6.45, 7) is 7.90. The minimum atomic E-state index is -0.155. The third kappa shape index (κ3) is 4.10. The quantitative estimate of drug-likeness (QED) is 0.383. The van der Waals surface area contributed by atoms with Crippen molar-refractivity contribution in [1.29, 1.82) is 0 Å². The van der Waals surface area contributed by atoms with E-state index in [-0.39, 0.29) is 17.9 Å². The molecule has 6 heteroatoms. The number of thiophene rings is 1. The van der Waals surface area contributed by atoms with Gasteiger partial charge in [-0.1, -0.05) is 24.3 Å². The number of hydrogen-bond donors (Lipinski definition) is 0. The molecule has 0 spiro atoms. The largest absolute Gasteiger partial charge is 0.497 e. The van der Waals surface area contributed by atoms with Crippen molar-refractivity contribution in [3.05, 3.63) is 91.3 Å². The van der Waals surface area contributed by atoms with Crippen molar-refractivity contribution in [3.63, 3.8) is 0 Å². The van der Waals surface area contributed by atoms with E-state index >= 15 is 0 Å². The fourth-order valence-corrected chi connectivity index (χ4v) is 4.78. The number of aromatic nitrogens is 2. The fraction of sp³-hybridized carbons (Fsp3) is 0.269. The number of nitrogens with zero attached hydrogens (tertiary/aromatic N) is 2. The van der Waals surface area contributed by atoms with Crippen LogP contribution in [-0.2, 0) is 13.0 Å². The summed E-state index contributed by atoms with van der Waals surface area (Å²) in [5.74, 6) is 1.26. The van der Waals surface area contributed by atoms with Crippen LogP contribution < -0.4 is 10.3 Å². The van der Waals surface area contributed by atoms with E-state index in [4.69, 9.17) is 9.72 Å². The zero-order valence-corrected chi connectivity index (χ0v) is 19.8. The summed E-state index contributed by atoms with van der Waals surface area (Å²) in [6, 6.07) is 13.3. The van der Waals surface area contributed by atoms with Gasteiger partial charge in [0.25, 0.3) is 5.56 Å². The molecule has 0 aliphatic heterocycles. The van der Waals surface area contributed by atoms with Crippen LogP contribution in [0.1, 0.15) is 43.3 Å². The maximum atomic E-state index is 13.5. The molecular weight excluding hydrogens is 420 g/mol. The smallest absolute Gasteiger partial charge is 0.262 e. The molecule has 164 valence electrons. The Hall–Kier alpha value is -3.25. The SMILES string of the molecule is COc1ccc(Cc2nc3sc(C)c(C)c3c(=O)n2CC(=O)c2ccc(C)c(C)c2)cc1. The third-order valence-corrected chi connectivity index (χ3v) is 7.12. The molecule has 4 aromatic rings. The molecule has 0 saturated carbocycles. The van der Waals surface area contributed by atoms with Crippen LogP contribution in [0.25, 0.3) is 10.2 Å². The minimum absolute atomic E-state index is 0.0376. The van der Waals surface area contributed by atoms with E-state index in [9.17, 15) is 9.59 Å². The lowest BCUT2D eigenvalue weighted by molar-refractivity contribution is 0.0969. The molecule has 2 heterocycles. The Bertz CT molecular complexity index is 1380. The van der Waals surface area contributed by atoms with Crippen LogP contribution >= 0.6 is 11.3 Å². The minimum Gasteiger partial charge on any atom is -0.497 e. The highest BCUT2D eigenvalue weighted by Gasteiger charge is 2.19. The average Bonchev–Trinajstić information content (AvgIpc) is 3.06. The van der Waals surface area contributed by atoms with Crippen LogP contribution in [0.15, 0.2) is 47.3 Å². The molecule has 0 N–H and O–H groups in total. The van der Waals surface area contributed by atoms with Crippen LogP contribution in [0.2, 0.25) is 0 Å². The highest BCUT2D eigenvalue weighted by Crippen LogP contribution is 2.27. The number of ether oxygens (including phenoxy) is 1. The van der Waals surface area contributed by atoms with E-state index in [1.54, 1.807) is 11.7 Å². The van der Waals surface area contributed by atoms with Crippen LogP contribution in [0.5, 0.6) is 5.75 Å². The molecule has 0 amide bonds. The number of hydrogen-bond acceptors (Lipinski definition) is 5. The summed E-state index contributed by atoms with van der Waals surface area (Å²) in [6.07, 6.45) is 0.450. The van der Waals surface area contributed by atoms with Gasteiger partial charge in [0.2, 0.25) is 0 Å². The highest BCUT2D eigenvalue weighted by atomic mass is 32.1. The molecule has 0 fully saturated rings. The van der Waals surface area contributed by atoms with Gasteiger partial charge in [-0.15, -0.1) is 11.3 Å². The second-order valence-corrected chi connectivity index (χ2v) is 9.33. The molecule has 0 radical (unpaired) electrons. The Morgan fingerprint density at radius 3 is 2.41 bits per heavy atom. The molecule has 32 heavy (non-hydrogen) atoms. The summed E-state index contributed by atoms with van der Waals surface area (Å²) >= 11 is 1.52.